The second kappa shape index (κ2) is 10.8. The molecule has 0 aromatic heterocycles. The van der Waals surface area contributed by atoms with E-state index in [1.165, 1.54) is 23.1 Å². The van der Waals surface area contributed by atoms with E-state index in [1.807, 2.05) is 25.1 Å². The fourth-order valence-corrected chi connectivity index (χ4v) is 5.47. The maximum absolute atomic E-state index is 12.8. The zero-order chi connectivity index (χ0) is 25.8. The molecule has 188 valence electrons. The zero-order valence-electron chi connectivity index (χ0n) is 21.7. The molecule has 0 heterocycles. The van der Waals surface area contributed by atoms with E-state index in [2.05, 4.69) is 51.1 Å². The van der Waals surface area contributed by atoms with Gasteiger partial charge >= 0.3 is 5.97 Å². The van der Waals surface area contributed by atoms with Crippen LogP contribution in [0.2, 0.25) is 0 Å². The Kier molecular flexibility index (Phi) is 8.22. The van der Waals surface area contributed by atoms with Crippen molar-refractivity contribution in [3.63, 3.8) is 0 Å². The lowest BCUT2D eigenvalue weighted by Gasteiger charge is -2.34. The summed E-state index contributed by atoms with van der Waals surface area (Å²) in [7, 11) is 1.51. The average Bonchev–Trinajstić information content (AvgIpc) is 3.25. The molecule has 0 bridgehead atoms. The Morgan fingerprint density at radius 2 is 1.57 bits per heavy atom. The van der Waals surface area contributed by atoms with Crippen LogP contribution >= 0.6 is 0 Å². The van der Waals surface area contributed by atoms with Gasteiger partial charge < -0.3 is 15.1 Å². The Balaban J connectivity index is 1.94. The van der Waals surface area contributed by atoms with Gasteiger partial charge in [-0.1, -0.05) is 69.2 Å². The third-order valence-corrected chi connectivity index (χ3v) is 7.80. The molecule has 1 aliphatic rings. The summed E-state index contributed by atoms with van der Waals surface area (Å²) in [4.78, 5) is 25.0. The number of aryl methyl sites for hydroxylation is 2. The topological polar surface area (TPSA) is 77.8 Å². The number of benzene rings is 2. The minimum atomic E-state index is -1.03. The number of hydrogen-bond donors (Lipinski definition) is 2. The number of carboxylic acid groups (broad SMARTS) is 1. The summed E-state index contributed by atoms with van der Waals surface area (Å²) in [5.41, 5.74) is 5.18. The second-order valence-electron chi connectivity index (χ2n) is 10.1. The number of aliphatic carboxylic acids is 1. The van der Waals surface area contributed by atoms with E-state index in [4.69, 9.17) is 5.11 Å². The van der Waals surface area contributed by atoms with Gasteiger partial charge in [-0.3, -0.25) is 9.59 Å². The lowest BCUT2D eigenvalue weighted by molar-refractivity contribution is -0.137. The molecule has 5 nitrogen and oxygen atoms in total. The van der Waals surface area contributed by atoms with E-state index >= 15 is 0 Å². The largest absolute Gasteiger partial charge is 0.480 e. The molecular weight excluding hydrogens is 438 g/mol. The molecule has 35 heavy (non-hydrogen) atoms. The first kappa shape index (κ1) is 26.7. The van der Waals surface area contributed by atoms with Gasteiger partial charge in [-0.15, -0.1) is 0 Å². The fraction of sp³-hybridized carbons (Fsp3) is 0.467. The van der Waals surface area contributed by atoms with Crippen LogP contribution < -0.4 is 0 Å². The SMILES string of the molecule is CCC(CC)(c1ccc(/C=C/C2(O)CCCC2)c(C)c1)c1ccc(C(=O)N(C)CC(=O)O)c(C)c1. The number of likely N-dealkylation sites (N-methyl/N-ethyl adjacent to an activating group) is 1. The summed E-state index contributed by atoms with van der Waals surface area (Å²) in [5, 5.41) is 19.7. The predicted molar refractivity (Wildman–Crippen MR) is 141 cm³/mol. The molecule has 0 radical (unpaired) electrons. The lowest BCUT2D eigenvalue weighted by atomic mass is 9.69. The normalized spacial score (nSPS) is 15.5. The van der Waals surface area contributed by atoms with Crippen LogP contribution in [0.1, 0.15) is 90.5 Å². The Hall–Kier alpha value is -2.92. The molecule has 1 amide bonds. The van der Waals surface area contributed by atoms with Gasteiger partial charge in [0.15, 0.2) is 0 Å². The van der Waals surface area contributed by atoms with Crippen molar-refractivity contribution < 1.29 is 19.8 Å². The Labute approximate surface area is 209 Å². The van der Waals surface area contributed by atoms with E-state index in [1.54, 1.807) is 0 Å². The van der Waals surface area contributed by atoms with Crippen LogP contribution in [0.5, 0.6) is 0 Å². The van der Waals surface area contributed by atoms with Crippen LogP contribution in [0.25, 0.3) is 6.08 Å². The van der Waals surface area contributed by atoms with Gasteiger partial charge in [0.05, 0.1) is 5.60 Å². The van der Waals surface area contributed by atoms with Crippen molar-refractivity contribution in [2.45, 2.75) is 77.2 Å². The highest BCUT2D eigenvalue weighted by Crippen LogP contribution is 2.40. The summed E-state index contributed by atoms with van der Waals surface area (Å²) < 4.78 is 0. The number of nitrogens with zero attached hydrogens (tertiary/aromatic N) is 1. The number of rotatable bonds is 9. The molecule has 0 aliphatic heterocycles. The fourth-order valence-electron chi connectivity index (χ4n) is 5.47. The van der Waals surface area contributed by atoms with Crippen molar-refractivity contribution in [3.8, 4) is 0 Å². The van der Waals surface area contributed by atoms with Crippen molar-refractivity contribution in [1.82, 2.24) is 4.90 Å². The Morgan fingerprint density at radius 1 is 1.00 bits per heavy atom. The first-order valence-electron chi connectivity index (χ1n) is 12.7. The average molecular weight is 478 g/mol. The summed E-state index contributed by atoms with van der Waals surface area (Å²) >= 11 is 0. The summed E-state index contributed by atoms with van der Waals surface area (Å²) in [6, 6.07) is 12.5. The van der Waals surface area contributed by atoms with Gasteiger partial charge in [0, 0.05) is 18.0 Å². The molecule has 5 heteroatoms. The van der Waals surface area contributed by atoms with Crippen molar-refractivity contribution in [3.05, 3.63) is 75.9 Å². The molecule has 2 N–H and O–H groups in total. The van der Waals surface area contributed by atoms with E-state index < -0.39 is 11.6 Å². The van der Waals surface area contributed by atoms with Crippen LogP contribution in [0.4, 0.5) is 0 Å². The molecule has 0 spiro atoms. The van der Waals surface area contributed by atoms with Gasteiger partial charge in [-0.2, -0.15) is 0 Å². The zero-order valence-corrected chi connectivity index (χ0v) is 21.7. The Morgan fingerprint density at radius 3 is 2.09 bits per heavy atom. The number of amides is 1. The highest BCUT2D eigenvalue weighted by molar-refractivity contribution is 5.97. The van der Waals surface area contributed by atoms with Crippen LogP contribution in [-0.2, 0) is 10.2 Å². The molecule has 3 rings (SSSR count). The molecule has 1 fully saturated rings. The quantitative estimate of drug-likeness (QED) is 0.472. The van der Waals surface area contributed by atoms with E-state index in [0.717, 1.165) is 55.2 Å². The van der Waals surface area contributed by atoms with Gasteiger partial charge in [0.1, 0.15) is 6.54 Å². The van der Waals surface area contributed by atoms with Crippen molar-refractivity contribution in [2.75, 3.05) is 13.6 Å². The van der Waals surface area contributed by atoms with Crippen molar-refractivity contribution in [2.24, 2.45) is 0 Å². The first-order valence-corrected chi connectivity index (χ1v) is 12.7. The summed E-state index contributed by atoms with van der Waals surface area (Å²) in [6.45, 7) is 8.08. The summed E-state index contributed by atoms with van der Waals surface area (Å²) in [5.74, 6) is -1.32. The first-order chi connectivity index (χ1) is 16.5. The van der Waals surface area contributed by atoms with E-state index in [-0.39, 0.29) is 17.9 Å². The lowest BCUT2D eigenvalue weighted by Crippen LogP contribution is -2.32. The Bertz CT molecular complexity index is 1110. The van der Waals surface area contributed by atoms with Crippen molar-refractivity contribution >= 4 is 18.0 Å². The van der Waals surface area contributed by atoms with Crippen LogP contribution in [0, 0.1) is 13.8 Å². The molecule has 0 atom stereocenters. The summed E-state index contributed by atoms with van der Waals surface area (Å²) in [6.07, 6.45) is 9.66. The smallest absolute Gasteiger partial charge is 0.323 e. The molecule has 2 aromatic carbocycles. The maximum atomic E-state index is 12.8. The molecule has 0 saturated heterocycles. The number of hydrogen-bond acceptors (Lipinski definition) is 3. The molecule has 0 unspecified atom stereocenters. The van der Waals surface area contributed by atoms with Gasteiger partial charge in [-0.25, -0.2) is 0 Å². The standard InChI is InChI=1S/C30H39NO4/c1-6-30(7-2,25-12-13-26(22(4)19-25)28(34)31(5)20-27(32)33)24-11-10-23(21(3)18-24)14-17-29(35)15-8-9-16-29/h10-14,17-19,35H,6-9,15-16,20H2,1-5H3,(H,32,33)/b17-14+. The number of aliphatic hydroxyl groups is 1. The van der Waals surface area contributed by atoms with Gasteiger partial charge in [-0.05, 0) is 73.4 Å². The molecular formula is C30H39NO4. The number of carboxylic acids is 1. The van der Waals surface area contributed by atoms with Gasteiger partial charge in [0.25, 0.3) is 5.91 Å². The second-order valence-corrected chi connectivity index (χ2v) is 10.1. The monoisotopic (exact) mass is 477 g/mol. The predicted octanol–water partition coefficient (Wildman–Crippen LogP) is 5.88. The highest BCUT2D eigenvalue weighted by Gasteiger charge is 2.32. The molecule has 1 saturated carbocycles. The number of carbonyl (C=O) groups excluding carboxylic acids is 1. The molecule has 2 aromatic rings. The number of carbonyl (C=O) groups is 2. The van der Waals surface area contributed by atoms with Crippen LogP contribution in [-0.4, -0.2) is 46.2 Å². The maximum Gasteiger partial charge on any atom is 0.323 e. The minimum Gasteiger partial charge on any atom is -0.480 e. The highest BCUT2D eigenvalue weighted by atomic mass is 16.4. The van der Waals surface area contributed by atoms with Crippen molar-refractivity contribution in [1.29, 1.82) is 0 Å². The van der Waals surface area contributed by atoms with Gasteiger partial charge in [0.2, 0.25) is 0 Å². The third-order valence-electron chi connectivity index (χ3n) is 7.80. The minimum absolute atomic E-state index is 0.198. The van der Waals surface area contributed by atoms with Crippen LogP contribution in [0.3, 0.4) is 0 Å². The van der Waals surface area contributed by atoms with E-state index in [9.17, 15) is 14.7 Å². The molecule has 1 aliphatic carbocycles. The third kappa shape index (κ3) is 5.67. The van der Waals surface area contributed by atoms with E-state index in [0.29, 0.717) is 5.56 Å². The van der Waals surface area contributed by atoms with Crippen LogP contribution in [0.15, 0.2) is 42.5 Å².